The second kappa shape index (κ2) is 6.51. The molecule has 8 nitrogen and oxygen atoms in total. The third-order valence-electron chi connectivity index (χ3n) is 4.08. The summed E-state index contributed by atoms with van der Waals surface area (Å²) in [6.07, 6.45) is -0.755. The van der Waals surface area contributed by atoms with Crippen LogP contribution in [0.2, 0.25) is 0 Å². The van der Waals surface area contributed by atoms with Crippen molar-refractivity contribution in [3.8, 4) is 0 Å². The zero-order valence-electron chi connectivity index (χ0n) is 13.4. The first-order valence-corrected chi connectivity index (χ1v) is 7.69. The second-order valence-electron chi connectivity index (χ2n) is 5.73. The van der Waals surface area contributed by atoms with Crippen LogP contribution in [-0.2, 0) is 4.79 Å². The van der Waals surface area contributed by atoms with E-state index in [2.05, 4.69) is 20.1 Å². The van der Waals surface area contributed by atoms with E-state index in [0.717, 1.165) is 6.33 Å². The Bertz CT molecular complexity index is 927. The number of amides is 2. The molecule has 1 aliphatic rings. The molecular formula is C16H14F2N6O2. The summed E-state index contributed by atoms with van der Waals surface area (Å²) in [4.78, 5) is 35.6. The number of likely N-dealkylation sites (tertiary alicyclic amines) is 1. The average molecular weight is 360 g/mol. The van der Waals surface area contributed by atoms with Gasteiger partial charge in [0.15, 0.2) is 0 Å². The number of carbonyl (C=O) groups excluding carboxylic acids is 2. The molecular weight excluding hydrogens is 346 g/mol. The Hall–Kier alpha value is -3.35. The predicted octanol–water partition coefficient (Wildman–Crippen LogP) is 1.40. The highest BCUT2D eigenvalue weighted by Crippen LogP contribution is 2.37. The number of alkyl halides is 2. The van der Waals surface area contributed by atoms with Gasteiger partial charge in [-0.05, 0) is 6.07 Å². The van der Waals surface area contributed by atoms with Crippen molar-refractivity contribution in [1.82, 2.24) is 20.2 Å². The minimum absolute atomic E-state index is 0.0231. The van der Waals surface area contributed by atoms with Gasteiger partial charge in [0.05, 0.1) is 24.2 Å². The maximum atomic E-state index is 13.8. The van der Waals surface area contributed by atoms with Crippen molar-refractivity contribution < 1.29 is 18.4 Å². The summed E-state index contributed by atoms with van der Waals surface area (Å²) in [5.41, 5.74) is 6.50. The number of halogens is 2. The number of nitrogens with zero attached hydrogens (tertiary/aromatic N) is 4. The number of hydrogen-bond acceptors (Lipinski definition) is 5. The molecule has 2 heterocycles. The monoisotopic (exact) mass is 360 g/mol. The van der Waals surface area contributed by atoms with Gasteiger partial charge in [0.1, 0.15) is 12.0 Å². The molecule has 1 fully saturated rings. The zero-order valence-corrected chi connectivity index (χ0v) is 13.4. The van der Waals surface area contributed by atoms with Crippen molar-refractivity contribution >= 4 is 28.4 Å². The minimum atomic E-state index is -3.40. The predicted molar refractivity (Wildman–Crippen MR) is 87.7 cm³/mol. The number of carbonyl (C=O) groups is 2. The van der Waals surface area contributed by atoms with Crippen molar-refractivity contribution in [3.63, 3.8) is 0 Å². The normalized spacial score (nSPS) is 18.5. The second-order valence-corrected chi connectivity index (χ2v) is 5.73. The number of hydrogen-bond donors (Lipinski definition) is 2. The van der Waals surface area contributed by atoms with E-state index in [0.29, 0.717) is 16.6 Å². The van der Waals surface area contributed by atoms with E-state index >= 15 is 0 Å². The number of anilines is 1. The lowest BCUT2D eigenvalue weighted by atomic mass is 10.1. The topological polar surface area (TPSA) is 106 Å². The van der Waals surface area contributed by atoms with Crippen LogP contribution in [0.25, 0.3) is 15.7 Å². The number of benzene rings is 1. The molecule has 10 heteroatoms. The SMILES string of the molecule is [C-]#[N+][C@@H]1CCC(F)(F)N1C(=O)CNC(=O)c1ncnc2c(N)cccc12. The molecule has 1 aromatic carbocycles. The van der Waals surface area contributed by atoms with Crippen LogP contribution in [0.15, 0.2) is 24.5 Å². The van der Waals surface area contributed by atoms with Crippen LogP contribution in [0.5, 0.6) is 0 Å². The van der Waals surface area contributed by atoms with E-state index in [1.54, 1.807) is 18.2 Å². The van der Waals surface area contributed by atoms with Crippen LogP contribution in [-0.4, -0.2) is 45.4 Å². The lowest BCUT2D eigenvalue weighted by Gasteiger charge is -2.23. The molecule has 2 amide bonds. The molecule has 1 aromatic heterocycles. The van der Waals surface area contributed by atoms with Gasteiger partial charge < -0.3 is 11.1 Å². The molecule has 0 saturated carbocycles. The molecule has 1 aliphatic heterocycles. The van der Waals surface area contributed by atoms with E-state index < -0.39 is 37.0 Å². The minimum Gasteiger partial charge on any atom is -0.397 e. The summed E-state index contributed by atoms with van der Waals surface area (Å²) in [7, 11) is 0. The molecule has 0 aliphatic carbocycles. The molecule has 26 heavy (non-hydrogen) atoms. The molecule has 2 aromatic rings. The molecule has 1 atom stereocenters. The van der Waals surface area contributed by atoms with E-state index in [4.69, 9.17) is 12.3 Å². The summed E-state index contributed by atoms with van der Waals surface area (Å²) < 4.78 is 27.6. The number of nitrogens with two attached hydrogens (primary N) is 1. The Morgan fingerprint density at radius 2 is 2.19 bits per heavy atom. The summed E-state index contributed by atoms with van der Waals surface area (Å²) in [6.45, 7) is 6.27. The van der Waals surface area contributed by atoms with Crippen molar-refractivity contribution in [3.05, 3.63) is 41.6 Å². The maximum Gasteiger partial charge on any atom is 0.333 e. The summed E-state index contributed by atoms with van der Waals surface area (Å²) in [6, 6.07) is 1.42. The smallest absolute Gasteiger partial charge is 0.333 e. The van der Waals surface area contributed by atoms with Crippen LogP contribution < -0.4 is 11.1 Å². The van der Waals surface area contributed by atoms with E-state index in [1.807, 2.05) is 0 Å². The first kappa shape index (κ1) is 17.5. The van der Waals surface area contributed by atoms with Crippen molar-refractivity contribution in [2.24, 2.45) is 0 Å². The Balaban J connectivity index is 1.77. The van der Waals surface area contributed by atoms with Crippen molar-refractivity contribution in [1.29, 1.82) is 0 Å². The van der Waals surface area contributed by atoms with Gasteiger partial charge >= 0.3 is 12.2 Å². The summed E-state index contributed by atoms with van der Waals surface area (Å²) >= 11 is 0. The molecule has 0 unspecified atom stereocenters. The highest BCUT2D eigenvalue weighted by atomic mass is 19.3. The first-order valence-electron chi connectivity index (χ1n) is 7.69. The lowest BCUT2D eigenvalue weighted by Crippen LogP contribution is -2.48. The summed E-state index contributed by atoms with van der Waals surface area (Å²) in [5, 5.41) is 2.65. The van der Waals surface area contributed by atoms with Gasteiger partial charge in [-0.15, -0.1) is 0 Å². The lowest BCUT2D eigenvalue weighted by molar-refractivity contribution is -0.165. The van der Waals surface area contributed by atoms with Gasteiger partial charge in [0.2, 0.25) is 0 Å². The zero-order chi connectivity index (χ0) is 18.9. The largest absolute Gasteiger partial charge is 0.397 e. The Morgan fingerprint density at radius 3 is 2.92 bits per heavy atom. The fraction of sp³-hybridized carbons (Fsp3) is 0.312. The first-order chi connectivity index (χ1) is 12.3. The quantitative estimate of drug-likeness (QED) is 0.489. The van der Waals surface area contributed by atoms with Gasteiger partial charge in [0, 0.05) is 11.8 Å². The third-order valence-corrected chi connectivity index (χ3v) is 4.08. The maximum absolute atomic E-state index is 13.8. The molecule has 0 spiro atoms. The number of rotatable bonds is 3. The number of fused-ring (bicyclic) bond motifs is 1. The van der Waals surface area contributed by atoms with Crippen LogP contribution in [0.4, 0.5) is 14.5 Å². The fourth-order valence-electron chi connectivity index (χ4n) is 2.86. The molecule has 134 valence electrons. The molecule has 3 N–H and O–H groups in total. The van der Waals surface area contributed by atoms with E-state index in [9.17, 15) is 18.4 Å². The van der Waals surface area contributed by atoms with Crippen LogP contribution in [0, 0.1) is 6.57 Å². The van der Waals surface area contributed by atoms with Crippen LogP contribution in [0.1, 0.15) is 23.3 Å². The molecule has 3 rings (SSSR count). The van der Waals surface area contributed by atoms with E-state index in [-0.39, 0.29) is 17.0 Å². The van der Waals surface area contributed by atoms with Gasteiger partial charge in [-0.25, -0.2) is 21.4 Å². The van der Waals surface area contributed by atoms with Crippen LogP contribution in [0.3, 0.4) is 0 Å². The van der Waals surface area contributed by atoms with Crippen molar-refractivity contribution in [2.45, 2.75) is 25.1 Å². The standard InChI is InChI=1S/C16H14F2N6O2/c1-20-11-5-6-16(17,18)24(11)12(25)7-21-15(26)14-9-3-2-4-10(19)13(9)22-8-23-14/h2-4,8,11H,5-7,19H2,(H,21,26)/t11-/m0/s1. The fourth-order valence-corrected chi connectivity index (χ4v) is 2.86. The van der Waals surface area contributed by atoms with Gasteiger partial charge in [-0.3, -0.25) is 14.4 Å². The Morgan fingerprint density at radius 1 is 1.42 bits per heavy atom. The Kier molecular flexibility index (Phi) is 4.38. The number of aromatic nitrogens is 2. The van der Waals surface area contributed by atoms with Gasteiger partial charge in [-0.1, -0.05) is 12.1 Å². The average Bonchev–Trinajstić information content (AvgIpc) is 2.94. The third kappa shape index (κ3) is 2.99. The van der Waals surface area contributed by atoms with E-state index in [1.165, 1.54) is 0 Å². The number of nitrogen functional groups attached to an aromatic ring is 1. The van der Waals surface area contributed by atoms with Crippen LogP contribution >= 0.6 is 0 Å². The highest BCUT2D eigenvalue weighted by molar-refractivity contribution is 6.07. The van der Waals surface area contributed by atoms with Gasteiger partial charge in [-0.2, -0.15) is 8.78 Å². The number of nitrogens with one attached hydrogen (secondary N) is 1. The Labute approximate surface area is 146 Å². The molecule has 0 bridgehead atoms. The molecule has 1 saturated heterocycles. The van der Waals surface area contributed by atoms with Crippen molar-refractivity contribution in [2.75, 3.05) is 12.3 Å². The highest BCUT2D eigenvalue weighted by Gasteiger charge is 2.53. The summed E-state index contributed by atoms with van der Waals surface area (Å²) in [5.74, 6) is -1.75. The van der Waals surface area contributed by atoms with Gasteiger partial charge in [0.25, 0.3) is 11.8 Å². The number of para-hydroxylation sites is 1. The molecule has 0 radical (unpaired) electrons.